The molecule has 33 heavy (non-hydrogen) atoms. The fraction of sp³-hybridized carbons (Fsp3) is 0.296. The summed E-state index contributed by atoms with van der Waals surface area (Å²) in [5, 5.41) is 10.5. The van der Waals surface area contributed by atoms with Crippen molar-refractivity contribution >= 4 is 10.9 Å². The van der Waals surface area contributed by atoms with Gasteiger partial charge in [0.15, 0.2) is 0 Å². The van der Waals surface area contributed by atoms with Crippen molar-refractivity contribution in [2.24, 2.45) is 0 Å². The summed E-state index contributed by atoms with van der Waals surface area (Å²) in [6, 6.07) is 17.3. The molecular formula is C27H30N6. The highest BCUT2D eigenvalue weighted by molar-refractivity contribution is 5.83. The molecule has 0 atom stereocenters. The fourth-order valence-electron chi connectivity index (χ4n) is 4.46. The second kappa shape index (κ2) is 9.86. The Morgan fingerprint density at radius 3 is 2.48 bits per heavy atom. The molecule has 2 aromatic carbocycles. The summed E-state index contributed by atoms with van der Waals surface area (Å²) in [6.45, 7) is 3.09. The molecule has 0 aliphatic rings. The SMILES string of the molecule is CCc1ccc(Cc2nnc(CCc3c[nH]c4ccccc34)n2CCCc2cnc[nH]2)cc1. The molecule has 0 unspecified atom stereocenters. The lowest BCUT2D eigenvalue weighted by Gasteiger charge is -2.11. The summed E-state index contributed by atoms with van der Waals surface area (Å²) < 4.78 is 2.33. The van der Waals surface area contributed by atoms with E-state index in [0.717, 1.165) is 56.7 Å². The number of hydrogen-bond donors (Lipinski definition) is 2. The zero-order chi connectivity index (χ0) is 22.5. The van der Waals surface area contributed by atoms with Gasteiger partial charge in [-0.2, -0.15) is 0 Å². The van der Waals surface area contributed by atoms with Crippen LogP contribution in [0.5, 0.6) is 0 Å². The molecule has 3 aromatic heterocycles. The van der Waals surface area contributed by atoms with Gasteiger partial charge in [-0.1, -0.05) is 49.4 Å². The van der Waals surface area contributed by atoms with Gasteiger partial charge in [0.25, 0.3) is 0 Å². The highest BCUT2D eigenvalue weighted by atomic mass is 15.3. The lowest BCUT2D eigenvalue weighted by atomic mass is 10.1. The Hall–Kier alpha value is -3.67. The maximum atomic E-state index is 4.62. The van der Waals surface area contributed by atoms with Crippen LogP contribution in [0, 0.1) is 0 Å². The van der Waals surface area contributed by atoms with Gasteiger partial charge in [0.05, 0.1) is 6.33 Å². The highest BCUT2D eigenvalue weighted by Gasteiger charge is 2.14. The van der Waals surface area contributed by atoms with Gasteiger partial charge in [-0.25, -0.2) is 4.98 Å². The van der Waals surface area contributed by atoms with Crippen molar-refractivity contribution in [3.05, 3.63) is 101 Å². The lowest BCUT2D eigenvalue weighted by molar-refractivity contribution is 0.585. The summed E-state index contributed by atoms with van der Waals surface area (Å²) in [4.78, 5) is 10.7. The number of fused-ring (bicyclic) bond motifs is 1. The number of imidazole rings is 1. The zero-order valence-electron chi connectivity index (χ0n) is 19.1. The topological polar surface area (TPSA) is 75.2 Å². The first-order chi connectivity index (χ1) is 16.3. The summed E-state index contributed by atoms with van der Waals surface area (Å²) in [7, 11) is 0. The quantitative estimate of drug-likeness (QED) is 0.320. The maximum absolute atomic E-state index is 4.62. The molecule has 168 valence electrons. The number of rotatable bonds is 10. The summed E-state index contributed by atoms with van der Waals surface area (Å²) in [5.41, 5.74) is 6.32. The molecule has 0 radical (unpaired) electrons. The van der Waals surface area contributed by atoms with Gasteiger partial charge in [0, 0.05) is 48.4 Å². The predicted octanol–water partition coefficient (Wildman–Crippen LogP) is 5.05. The van der Waals surface area contributed by atoms with Crippen LogP contribution in [0.15, 0.2) is 67.3 Å². The Morgan fingerprint density at radius 1 is 0.848 bits per heavy atom. The molecule has 0 aliphatic carbocycles. The second-order valence-electron chi connectivity index (χ2n) is 8.57. The molecule has 0 spiro atoms. The maximum Gasteiger partial charge on any atom is 0.137 e. The molecule has 0 amide bonds. The zero-order valence-corrected chi connectivity index (χ0v) is 19.1. The number of aromatic nitrogens is 6. The molecule has 6 heteroatoms. The van der Waals surface area contributed by atoms with Crippen molar-refractivity contribution in [1.82, 2.24) is 29.7 Å². The second-order valence-corrected chi connectivity index (χ2v) is 8.57. The van der Waals surface area contributed by atoms with Gasteiger partial charge in [-0.3, -0.25) is 0 Å². The van der Waals surface area contributed by atoms with Crippen molar-refractivity contribution in [3.63, 3.8) is 0 Å². The van der Waals surface area contributed by atoms with Crippen LogP contribution in [0.3, 0.4) is 0 Å². The monoisotopic (exact) mass is 438 g/mol. The number of aromatic amines is 2. The number of hydrogen-bond acceptors (Lipinski definition) is 3. The Kier molecular flexibility index (Phi) is 6.33. The third-order valence-electron chi connectivity index (χ3n) is 6.37. The van der Waals surface area contributed by atoms with Crippen molar-refractivity contribution in [3.8, 4) is 0 Å². The minimum atomic E-state index is 0.800. The average molecular weight is 439 g/mol. The van der Waals surface area contributed by atoms with Gasteiger partial charge in [0.2, 0.25) is 0 Å². The molecule has 2 N–H and O–H groups in total. The molecule has 0 fully saturated rings. The standard InChI is InChI=1S/C27H30N6/c1-2-20-9-11-21(12-10-20)16-27-32-31-26(33(27)15-5-6-23-18-28-19-30-23)14-13-22-17-29-25-8-4-3-7-24(22)25/h3-4,7-12,17-19,29H,2,5-6,13-16H2,1H3,(H,28,30). The Labute approximate surface area is 194 Å². The molecule has 5 rings (SSSR count). The lowest BCUT2D eigenvalue weighted by Crippen LogP contribution is -2.10. The van der Waals surface area contributed by atoms with E-state index in [9.17, 15) is 0 Å². The average Bonchev–Trinajstić information content (AvgIpc) is 3.60. The van der Waals surface area contributed by atoms with Crippen molar-refractivity contribution in [1.29, 1.82) is 0 Å². The highest BCUT2D eigenvalue weighted by Crippen LogP contribution is 2.20. The Bertz CT molecular complexity index is 1290. The van der Waals surface area contributed by atoms with E-state index in [-0.39, 0.29) is 0 Å². The minimum absolute atomic E-state index is 0.800. The third-order valence-corrected chi connectivity index (χ3v) is 6.37. The van der Waals surface area contributed by atoms with Crippen LogP contribution in [-0.2, 0) is 38.6 Å². The van der Waals surface area contributed by atoms with Gasteiger partial charge in [0.1, 0.15) is 11.6 Å². The molecule has 5 aromatic rings. The number of nitrogens with one attached hydrogen (secondary N) is 2. The molecule has 0 saturated carbocycles. The summed E-state index contributed by atoms with van der Waals surface area (Å²) in [6.07, 6.45) is 11.4. The van der Waals surface area contributed by atoms with Gasteiger partial charge < -0.3 is 14.5 Å². The van der Waals surface area contributed by atoms with Crippen LogP contribution >= 0.6 is 0 Å². The van der Waals surface area contributed by atoms with Crippen LogP contribution in [0.25, 0.3) is 10.9 Å². The van der Waals surface area contributed by atoms with Gasteiger partial charge in [-0.05, 0) is 48.4 Å². The number of H-pyrrole nitrogens is 2. The van der Waals surface area contributed by atoms with Crippen LogP contribution in [0.4, 0.5) is 0 Å². The van der Waals surface area contributed by atoms with E-state index in [1.165, 1.54) is 33.3 Å². The van der Waals surface area contributed by atoms with Gasteiger partial charge in [-0.15, -0.1) is 10.2 Å². The Balaban J connectivity index is 1.34. The van der Waals surface area contributed by atoms with Crippen LogP contribution in [0.1, 0.15) is 47.4 Å². The first-order valence-electron chi connectivity index (χ1n) is 11.8. The van der Waals surface area contributed by atoms with Crippen LogP contribution in [0.2, 0.25) is 0 Å². The fourth-order valence-corrected chi connectivity index (χ4v) is 4.46. The first-order valence-corrected chi connectivity index (χ1v) is 11.8. The Morgan fingerprint density at radius 2 is 1.67 bits per heavy atom. The van der Waals surface area contributed by atoms with Crippen LogP contribution in [-0.4, -0.2) is 29.7 Å². The van der Waals surface area contributed by atoms with E-state index >= 15 is 0 Å². The van der Waals surface area contributed by atoms with E-state index in [4.69, 9.17) is 0 Å². The third kappa shape index (κ3) is 4.90. The summed E-state index contributed by atoms with van der Waals surface area (Å²) in [5.74, 6) is 2.10. The van der Waals surface area contributed by atoms with E-state index < -0.39 is 0 Å². The number of nitrogens with zero attached hydrogens (tertiary/aromatic N) is 4. The van der Waals surface area contributed by atoms with E-state index in [1.807, 2.05) is 6.20 Å². The largest absolute Gasteiger partial charge is 0.361 e. The van der Waals surface area contributed by atoms with E-state index in [1.54, 1.807) is 6.33 Å². The van der Waals surface area contributed by atoms with Crippen LogP contribution < -0.4 is 0 Å². The molecular weight excluding hydrogens is 408 g/mol. The summed E-state index contributed by atoms with van der Waals surface area (Å²) >= 11 is 0. The molecule has 3 heterocycles. The van der Waals surface area contributed by atoms with E-state index in [0.29, 0.717) is 0 Å². The normalized spacial score (nSPS) is 11.4. The number of aryl methyl sites for hydroxylation is 4. The smallest absolute Gasteiger partial charge is 0.137 e. The van der Waals surface area contributed by atoms with Crippen molar-refractivity contribution in [2.45, 2.75) is 52.0 Å². The predicted molar refractivity (Wildman–Crippen MR) is 131 cm³/mol. The van der Waals surface area contributed by atoms with Crippen molar-refractivity contribution < 1.29 is 0 Å². The first kappa shape index (κ1) is 21.2. The van der Waals surface area contributed by atoms with Crippen molar-refractivity contribution in [2.75, 3.05) is 0 Å². The molecule has 0 saturated heterocycles. The molecule has 0 aliphatic heterocycles. The van der Waals surface area contributed by atoms with Gasteiger partial charge >= 0.3 is 0 Å². The number of para-hydroxylation sites is 1. The molecule has 6 nitrogen and oxygen atoms in total. The van der Waals surface area contributed by atoms with E-state index in [2.05, 4.69) is 91.4 Å². The number of benzene rings is 2. The molecule has 0 bridgehead atoms. The minimum Gasteiger partial charge on any atom is -0.361 e.